The lowest BCUT2D eigenvalue weighted by Crippen LogP contribution is -2.39. The molecule has 0 saturated carbocycles. The Kier molecular flexibility index (Phi) is 2.69. The van der Waals surface area contributed by atoms with Crippen molar-refractivity contribution in [3.05, 3.63) is 53.9 Å². The SMILES string of the molecule is O=S(=O)(O)C(c1ccn[nH]1)(c1ccn[nH]1)c1ccn[nH]1. The van der Waals surface area contributed by atoms with Crippen LogP contribution in [0.3, 0.4) is 0 Å². The van der Waals surface area contributed by atoms with Crippen LogP contribution < -0.4 is 0 Å². The van der Waals surface area contributed by atoms with Gasteiger partial charge in [0.15, 0.2) is 0 Å². The third-order valence-corrected chi connectivity index (χ3v) is 4.46. The fourth-order valence-corrected chi connectivity index (χ4v) is 3.38. The summed E-state index contributed by atoms with van der Waals surface area (Å²) in [7, 11) is -4.61. The number of rotatable bonds is 4. The summed E-state index contributed by atoms with van der Waals surface area (Å²) in [6, 6.07) is 4.36. The molecule has 3 aromatic rings. The maximum absolute atomic E-state index is 12.2. The van der Waals surface area contributed by atoms with Crippen LogP contribution in [0.15, 0.2) is 36.8 Å². The zero-order chi connectivity index (χ0) is 14.2. The molecule has 0 saturated heterocycles. The van der Waals surface area contributed by atoms with E-state index in [2.05, 4.69) is 30.6 Å². The van der Waals surface area contributed by atoms with Gasteiger partial charge in [-0.25, -0.2) is 0 Å². The molecule has 0 fully saturated rings. The first-order valence-corrected chi connectivity index (χ1v) is 6.97. The highest BCUT2D eigenvalue weighted by Crippen LogP contribution is 2.40. The van der Waals surface area contributed by atoms with Crippen molar-refractivity contribution in [3.8, 4) is 0 Å². The van der Waals surface area contributed by atoms with Gasteiger partial charge in [-0.3, -0.25) is 19.8 Å². The lowest BCUT2D eigenvalue weighted by Gasteiger charge is -2.26. The first-order valence-electron chi connectivity index (χ1n) is 5.53. The van der Waals surface area contributed by atoms with Crippen molar-refractivity contribution >= 4 is 10.1 Å². The first kappa shape index (κ1) is 12.6. The molecule has 4 N–H and O–H groups in total. The molecule has 0 aromatic carbocycles. The van der Waals surface area contributed by atoms with Crippen molar-refractivity contribution in [2.24, 2.45) is 0 Å². The van der Waals surface area contributed by atoms with Crippen molar-refractivity contribution in [1.82, 2.24) is 30.6 Å². The summed E-state index contributed by atoms with van der Waals surface area (Å²) < 4.78 is 32.3. The van der Waals surface area contributed by atoms with Gasteiger partial charge in [-0.2, -0.15) is 23.7 Å². The molecule has 0 aliphatic rings. The molecule has 0 aliphatic heterocycles. The second kappa shape index (κ2) is 4.28. The molecule has 3 rings (SSSR count). The van der Waals surface area contributed by atoms with Crippen LogP contribution in [0.1, 0.15) is 17.1 Å². The Morgan fingerprint density at radius 1 is 0.850 bits per heavy atom. The Morgan fingerprint density at radius 3 is 1.40 bits per heavy atom. The monoisotopic (exact) mass is 294 g/mol. The second-order valence-electron chi connectivity index (χ2n) is 4.07. The molecule has 9 nitrogen and oxygen atoms in total. The molecule has 0 bridgehead atoms. The molecular formula is C10H10N6O3S. The minimum absolute atomic E-state index is 0.161. The van der Waals surface area contributed by atoms with Gasteiger partial charge >= 0.3 is 0 Å². The third kappa shape index (κ3) is 1.58. The highest BCUT2D eigenvalue weighted by atomic mass is 32.2. The van der Waals surface area contributed by atoms with Gasteiger partial charge < -0.3 is 0 Å². The van der Waals surface area contributed by atoms with E-state index in [0.717, 1.165) is 0 Å². The van der Waals surface area contributed by atoms with Crippen molar-refractivity contribution in [1.29, 1.82) is 0 Å². The number of hydrogen-bond acceptors (Lipinski definition) is 5. The smallest absolute Gasteiger partial charge is 0.284 e. The maximum atomic E-state index is 12.2. The molecular weight excluding hydrogens is 284 g/mol. The van der Waals surface area contributed by atoms with E-state index in [1.54, 1.807) is 0 Å². The Bertz CT molecular complexity index is 692. The fourth-order valence-electron chi connectivity index (χ4n) is 2.21. The highest BCUT2D eigenvalue weighted by molar-refractivity contribution is 7.87. The van der Waals surface area contributed by atoms with Gasteiger partial charge in [-0.05, 0) is 18.2 Å². The first-order chi connectivity index (χ1) is 9.57. The Labute approximate surface area is 113 Å². The zero-order valence-electron chi connectivity index (χ0n) is 9.98. The highest BCUT2D eigenvalue weighted by Gasteiger charge is 2.52. The summed E-state index contributed by atoms with van der Waals surface area (Å²) in [6.07, 6.45) is 4.17. The lowest BCUT2D eigenvalue weighted by atomic mass is 9.96. The van der Waals surface area contributed by atoms with Crippen LogP contribution in [0.4, 0.5) is 0 Å². The number of nitrogens with zero attached hydrogens (tertiary/aromatic N) is 3. The minimum Gasteiger partial charge on any atom is -0.284 e. The number of H-pyrrole nitrogens is 3. The molecule has 0 aliphatic carbocycles. The molecule has 3 aromatic heterocycles. The Balaban J connectivity index is 2.43. The van der Waals surface area contributed by atoms with Gasteiger partial charge in [0.2, 0.25) is 4.75 Å². The number of hydrogen-bond donors (Lipinski definition) is 4. The summed E-state index contributed by atoms with van der Waals surface area (Å²) in [5.41, 5.74) is 0.482. The largest absolute Gasteiger partial charge is 0.288 e. The molecule has 0 spiro atoms. The standard InChI is InChI=1S/C10H10N6O3S/c17-20(18,19)10(7-1-4-11-14-7,8-2-5-12-15-8)9-3-6-13-16-9/h1-6H,(H,11,14)(H,12,15)(H,13,16)(H,17,18,19). The average molecular weight is 294 g/mol. The van der Waals surface area contributed by atoms with E-state index in [1.807, 2.05) is 0 Å². The van der Waals surface area contributed by atoms with Gasteiger partial charge in [0.1, 0.15) is 0 Å². The predicted molar refractivity (Wildman–Crippen MR) is 67.2 cm³/mol. The van der Waals surface area contributed by atoms with Crippen molar-refractivity contribution in [2.45, 2.75) is 4.75 Å². The van der Waals surface area contributed by atoms with Crippen LogP contribution >= 0.6 is 0 Å². The van der Waals surface area contributed by atoms with E-state index < -0.39 is 14.9 Å². The Hall–Kier alpha value is -2.46. The normalized spacial score (nSPS) is 12.7. The maximum Gasteiger partial charge on any atom is 0.288 e. The van der Waals surface area contributed by atoms with E-state index >= 15 is 0 Å². The van der Waals surface area contributed by atoms with Crippen LogP contribution in [0.2, 0.25) is 0 Å². The van der Waals surface area contributed by atoms with E-state index in [4.69, 9.17) is 0 Å². The van der Waals surface area contributed by atoms with Gasteiger partial charge in [0.25, 0.3) is 10.1 Å². The fraction of sp³-hybridized carbons (Fsp3) is 0.100. The summed E-state index contributed by atoms with van der Waals surface area (Å²) in [4.78, 5) is 0. The topological polar surface area (TPSA) is 140 Å². The molecule has 10 heteroatoms. The zero-order valence-corrected chi connectivity index (χ0v) is 10.8. The number of aromatic nitrogens is 6. The number of nitrogens with one attached hydrogen (secondary N) is 3. The third-order valence-electron chi connectivity index (χ3n) is 3.03. The molecule has 0 unspecified atom stereocenters. The lowest BCUT2D eigenvalue weighted by molar-refractivity contribution is 0.452. The van der Waals surface area contributed by atoms with Gasteiger partial charge in [0.05, 0.1) is 17.1 Å². The minimum atomic E-state index is -4.61. The van der Waals surface area contributed by atoms with Crippen molar-refractivity contribution in [2.75, 3.05) is 0 Å². The molecule has 0 amide bonds. The quantitative estimate of drug-likeness (QED) is 0.500. The van der Waals surface area contributed by atoms with Gasteiger partial charge in [0, 0.05) is 18.6 Å². The van der Waals surface area contributed by atoms with E-state index in [9.17, 15) is 13.0 Å². The van der Waals surface area contributed by atoms with Crippen LogP contribution in [-0.2, 0) is 14.9 Å². The summed E-state index contributed by atoms with van der Waals surface area (Å²) in [5.74, 6) is 0. The predicted octanol–water partition coefficient (Wildman–Crippen LogP) is 0.0356. The van der Waals surface area contributed by atoms with Crippen molar-refractivity contribution in [3.63, 3.8) is 0 Å². The Morgan fingerprint density at radius 2 is 1.20 bits per heavy atom. The number of aromatic amines is 3. The van der Waals surface area contributed by atoms with Gasteiger partial charge in [-0.1, -0.05) is 0 Å². The molecule has 3 heterocycles. The molecule has 20 heavy (non-hydrogen) atoms. The molecule has 0 radical (unpaired) electrons. The van der Waals surface area contributed by atoms with Crippen molar-refractivity contribution < 1.29 is 13.0 Å². The molecule has 104 valence electrons. The van der Waals surface area contributed by atoms with Crippen LogP contribution in [0.25, 0.3) is 0 Å². The molecule has 0 atom stereocenters. The summed E-state index contributed by atoms with van der Waals surface area (Å²) >= 11 is 0. The second-order valence-corrected chi connectivity index (χ2v) is 5.63. The van der Waals surface area contributed by atoms with Crippen LogP contribution in [0, 0.1) is 0 Å². The van der Waals surface area contributed by atoms with E-state index in [0.29, 0.717) is 0 Å². The van der Waals surface area contributed by atoms with Crippen LogP contribution in [-0.4, -0.2) is 43.6 Å². The average Bonchev–Trinajstić information content (AvgIpc) is 3.13. The van der Waals surface area contributed by atoms with E-state index in [1.165, 1.54) is 36.8 Å². The summed E-state index contributed by atoms with van der Waals surface area (Å²) in [5, 5.41) is 19.0. The van der Waals surface area contributed by atoms with Crippen LogP contribution in [0.5, 0.6) is 0 Å². The van der Waals surface area contributed by atoms with E-state index in [-0.39, 0.29) is 17.1 Å². The summed E-state index contributed by atoms with van der Waals surface area (Å²) in [6.45, 7) is 0. The van der Waals surface area contributed by atoms with Gasteiger partial charge in [-0.15, -0.1) is 0 Å².